The van der Waals surface area contributed by atoms with Crippen molar-refractivity contribution in [2.75, 3.05) is 43.4 Å². The SMILES string of the molecule is CC(C)(C)OCCC(C)(C)N1CCN(c2nnc(Cl)c(N)n2)CC1. The lowest BCUT2D eigenvalue weighted by Crippen LogP contribution is -2.55. The molecule has 0 aliphatic carbocycles. The van der Waals surface area contributed by atoms with Gasteiger partial charge in [-0.2, -0.15) is 4.98 Å². The summed E-state index contributed by atoms with van der Waals surface area (Å²) in [7, 11) is 0. The minimum atomic E-state index is -0.0897. The molecular weight excluding hydrogens is 328 g/mol. The summed E-state index contributed by atoms with van der Waals surface area (Å²) in [5, 5.41) is 8.03. The number of nitrogens with zero attached hydrogens (tertiary/aromatic N) is 5. The first-order valence-corrected chi connectivity index (χ1v) is 8.76. The van der Waals surface area contributed by atoms with Gasteiger partial charge in [-0.3, -0.25) is 4.90 Å². The summed E-state index contributed by atoms with van der Waals surface area (Å²) in [6.07, 6.45) is 0.996. The van der Waals surface area contributed by atoms with E-state index in [0.717, 1.165) is 39.2 Å². The van der Waals surface area contributed by atoms with E-state index in [1.54, 1.807) is 0 Å². The maximum absolute atomic E-state index is 5.88. The van der Waals surface area contributed by atoms with E-state index in [2.05, 4.69) is 59.6 Å². The molecule has 0 saturated carbocycles. The lowest BCUT2D eigenvalue weighted by Gasteiger charge is -2.44. The fourth-order valence-corrected chi connectivity index (χ4v) is 2.81. The molecule has 1 aromatic heterocycles. The molecule has 2 rings (SSSR count). The zero-order valence-electron chi connectivity index (χ0n) is 15.3. The van der Waals surface area contributed by atoms with E-state index in [4.69, 9.17) is 22.1 Å². The largest absolute Gasteiger partial charge is 0.381 e. The molecule has 8 heteroatoms. The van der Waals surface area contributed by atoms with Crippen molar-refractivity contribution in [2.24, 2.45) is 0 Å². The second-order valence-corrected chi connectivity index (χ2v) is 8.14. The lowest BCUT2D eigenvalue weighted by molar-refractivity contribution is -0.0251. The average molecular weight is 357 g/mol. The number of nitrogen functional groups attached to an aromatic ring is 1. The van der Waals surface area contributed by atoms with Crippen LogP contribution in [-0.2, 0) is 4.74 Å². The van der Waals surface area contributed by atoms with Crippen molar-refractivity contribution in [3.05, 3.63) is 5.15 Å². The molecule has 0 bridgehead atoms. The first-order chi connectivity index (χ1) is 11.1. The van der Waals surface area contributed by atoms with Crippen molar-refractivity contribution in [3.63, 3.8) is 0 Å². The van der Waals surface area contributed by atoms with Crippen LogP contribution in [0.1, 0.15) is 41.0 Å². The molecule has 0 radical (unpaired) electrons. The summed E-state index contributed by atoms with van der Waals surface area (Å²) >= 11 is 5.78. The molecule has 2 N–H and O–H groups in total. The van der Waals surface area contributed by atoms with Crippen LogP contribution in [-0.4, -0.2) is 64.0 Å². The van der Waals surface area contributed by atoms with Gasteiger partial charge in [0.25, 0.3) is 0 Å². The standard InChI is InChI=1S/C16H29ClN6O/c1-15(2,3)24-11-6-16(4,5)23-9-7-22(8-10-23)14-19-13(18)12(17)20-21-14/h6-11H2,1-5H3,(H2,18,19,21). The summed E-state index contributed by atoms with van der Waals surface area (Å²) in [4.78, 5) is 8.80. The van der Waals surface area contributed by atoms with Crippen LogP contribution in [0.3, 0.4) is 0 Å². The zero-order chi connectivity index (χ0) is 18.0. The van der Waals surface area contributed by atoms with Crippen molar-refractivity contribution < 1.29 is 4.74 Å². The molecule has 0 unspecified atom stereocenters. The Balaban J connectivity index is 1.88. The first-order valence-electron chi connectivity index (χ1n) is 8.38. The quantitative estimate of drug-likeness (QED) is 0.866. The number of halogens is 1. The van der Waals surface area contributed by atoms with E-state index in [-0.39, 0.29) is 22.1 Å². The third kappa shape index (κ3) is 5.16. The maximum Gasteiger partial charge on any atom is 0.247 e. The third-order valence-corrected chi connectivity index (χ3v) is 4.60. The van der Waals surface area contributed by atoms with Crippen LogP contribution in [0.25, 0.3) is 0 Å². The molecule has 1 aromatic rings. The van der Waals surface area contributed by atoms with Gasteiger partial charge >= 0.3 is 0 Å². The maximum atomic E-state index is 5.88. The van der Waals surface area contributed by atoms with Crippen LogP contribution in [0, 0.1) is 0 Å². The number of anilines is 2. The van der Waals surface area contributed by atoms with E-state index in [0.29, 0.717) is 5.95 Å². The minimum Gasteiger partial charge on any atom is -0.381 e. The Morgan fingerprint density at radius 1 is 1.08 bits per heavy atom. The van der Waals surface area contributed by atoms with Gasteiger partial charge in [0.15, 0.2) is 11.0 Å². The third-order valence-electron chi connectivity index (χ3n) is 4.33. The van der Waals surface area contributed by atoms with Crippen molar-refractivity contribution in [1.29, 1.82) is 0 Å². The van der Waals surface area contributed by atoms with Gasteiger partial charge in [-0.1, -0.05) is 11.6 Å². The van der Waals surface area contributed by atoms with E-state index < -0.39 is 0 Å². The fraction of sp³-hybridized carbons (Fsp3) is 0.812. The van der Waals surface area contributed by atoms with Gasteiger partial charge in [-0.25, -0.2) is 0 Å². The molecule has 24 heavy (non-hydrogen) atoms. The molecule has 136 valence electrons. The average Bonchev–Trinajstić information content (AvgIpc) is 2.48. The Morgan fingerprint density at radius 2 is 1.71 bits per heavy atom. The topological polar surface area (TPSA) is 80.4 Å². The summed E-state index contributed by atoms with van der Waals surface area (Å²) < 4.78 is 5.88. The normalized spacial score (nSPS) is 17.3. The number of aromatic nitrogens is 3. The zero-order valence-corrected chi connectivity index (χ0v) is 16.1. The Morgan fingerprint density at radius 3 is 2.25 bits per heavy atom. The molecule has 7 nitrogen and oxygen atoms in total. The van der Waals surface area contributed by atoms with Gasteiger partial charge in [-0.05, 0) is 41.0 Å². The van der Waals surface area contributed by atoms with Crippen LogP contribution >= 0.6 is 11.6 Å². The van der Waals surface area contributed by atoms with Crippen molar-refractivity contribution >= 4 is 23.4 Å². The summed E-state index contributed by atoms with van der Waals surface area (Å²) in [5.41, 5.74) is 5.72. The lowest BCUT2D eigenvalue weighted by atomic mass is 9.97. The van der Waals surface area contributed by atoms with E-state index >= 15 is 0 Å². The minimum absolute atomic E-state index is 0.0897. The predicted molar refractivity (Wildman–Crippen MR) is 97.4 cm³/mol. The number of hydrogen-bond acceptors (Lipinski definition) is 7. The van der Waals surface area contributed by atoms with Crippen LogP contribution in [0.5, 0.6) is 0 Å². The highest BCUT2D eigenvalue weighted by Gasteiger charge is 2.31. The van der Waals surface area contributed by atoms with E-state index in [1.807, 2.05) is 0 Å². The molecule has 1 saturated heterocycles. The fourth-order valence-electron chi connectivity index (χ4n) is 2.73. The number of piperazine rings is 1. The summed E-state index contributed by atoms with van der Waals surface area (Å²) in [6, 6.07) is 0. The number of ether oxygens (including phenoxy) is 1. The Hall–Kier alpha value is -1.18. The molecule has 0 amide bonds. The molecule has 1 aliphatic heterocycles. The van der Waals surface area contributed by atoms with Crippen LogP contribution in [0.4, 0.5) is 11.8 Å². The number of nitrogens with two attached hydrogens (primary N) is 1. The van der Waals surface area contributed by atoms with Crippen molar-refractivity contribution in [1.82, 2.24) is 20.1 Å². The highest BCUT2D eigenvalue weighted by Crippen LogP contribution is 2.24. The number of rotatable bonds is 5. The Labute approximate surface area is 149 Å². The predicted octanol–water partition coefficient (Wildman–Crippen LogP) is 2.21. The van der Waals surface area contributed by atoms with E-state index in [1.165, 1.54) is 0 Å². The van der Waals surface area contributed by atoms with Gasteiger partial charge in [0.1, 0.15) is 0 Å². The van der Waals surface area contributed by atoms with Gasteiger partial charge in [0, 0.05) is 38.3 Å². The molecule has 0 aromatic carbocycles. The highest BCUT2D eigenvalue weighted by atomic mass is 35.5. The second kappa shape index (κ2) is 7.37. The summed E-state index contributed by atoms with van der Waals surface area (Å²) in [5.74, 6) is 0.772. The Kier molecular flexibility index (Phi) is 5.88. The van der Waals surface area contributed by atoms with Crippen molar-refractivity contribution in [3.8, 4) is 0 Å². The molecule has 0 spiro atoms. The molecule has 1 fully saturated rings. The Bertz CT molecular complexity index is 552. The smallest absolute Gasteiger partial charge is 0.247 e. The van der Waals surface area contributed by atoms with Gasteiger partial charge in [-0.15, -0.1) is 10.2 Å². The molecule has 2 heterocycles. The molecule has 1 aliphatic rings. The van der Waals surface area contributed by atoms with E-state index in [9.17, 15) is 0 Å². The summed E-state index contributed by atoms with van der Waals surface area (Å²) in [6.45, 7) is 15.1. The van der Waals surface area contributed by atoms with Crippen LogP contribution < -0.4 is 10.6 Å². The van der Waals surface area contributed by atoms with Crippen LogP contribution in [0.15, 0.2) is 0 Å². The molecular formula is C16H29ClN6O. The molecule has 0 atom stereocenters. The van der Waals surface area contributed by atoms with Gasteiger partial charge < -0.3 is 15.4 Å². The van der Waals surface area contributed by atoms with Crippen molar-refractivity contribution in [2.45, 2.75) is 52.2 Å². The highest BCUT2D eigenvalue weighted by molar-refractivity contribution is 6.31. The second-order valence-electron chi connectivity index (χ2n) is 7.79. The van der Waals surface area contributed by atoms with Gasteiger partial charge in [0.05, 0.1) is 5.60 Å². The first kappa shape index (κ1) is 19.1. The van der Waals surface area contributed by atoms with Crippen LogP contribution in [0.2, 0.25) is 5.15 Å². The monoisotopic (exact) mass is 356 g/mol. The number of hydrogen-bond donors (Lipinski definition) is 1. The van der Waals surface area contributed by atoms with Gasteiger partial charge in [0.2, 0.25) is 5.95 Å².